The van der Waals surface area contributed by atoms with Crippen LogP contribution in [0.25, 0.3) is 0 Å². The quantitative estimate of drug-likeness (QED) is 0.913. The first-order valence-electron chi connectivity index (χ1n) is 5.99. The molecule has 2 aromatic rings. The van der Waals surface area contributed by atoms with Gasteiger partial charge < -0.3 is 15.2 Å². The van der Waals surface area contributed by atoms with Gasteiger partial charge in [-0.3, -0.25) is 0 Å². The van der Waals surface area contributed by atoms with Crippen molar-refractivity contribution < 1.29 is 22.5 Å². The zero-order valence-electron chi connectivity index (χ0n) is 11.0. The lowest BCUT2D eigenvalue weighted by Crippen LogP contribution is -2.28. The molecule has 0 aliphatic heterocycles. The van der Waals surface area contributed by atoms with E-state index < -0.39 is 17.8 Å². The number of amides is 2. The van der Waals surface area contributed by atoms with Crippen molar-refractivity contribution in [3.05, 3.63) is 47.3 Å². The van der Waals surface area contributed by atoms with Crippen LogP contribution in [-0.4, -0.2) is 11.2 Å². The van der Waals surface area contributed by atoms with Gasteiger partial charge in [0.1, 0.15) is 11.5 Å². The van der Waals surface area contributed by atoms with E-state index in [1.807, 2.05) is 0 Å². The van der Waals surface area contributed by atoms with Crippen LogP contribution in [0.2, 0.25) is 0 Å². The Balaban J connectivity index is 1.88. The average molecular weight is 299 g/mol. The second-order valence-corrected chi connectivity index (χ2v) is 4.31. The van der Waals surface area contributed by atoms with Crippen LogP contribution in [0.5, 0.6) is 0 Å². The molecule has 0 saturated heterocycles. The van der Waals surface area contributed by atoms with Crippen molar-refractivity contribution in [2.45, 2.75) is 19.6 Å². The summed E-state index contributed by atoms with van der Waals surface area (Å²) in [6.45, 7) is 1.88. The molecule has 0 saturated carbocycles. The molecule has 2 amide bonds. The van der Waals surface area contributed by atoms with Crippen LogP contribution >= 0.6 is 0 Å². The summed E-state index contributed by atoms with van der Waals surface area (Å²) in [4.78, 5) is 11.6. The predicted molar refractivity (Wildman–Crippen MR) is 68.5 cm³/mol. The number of halogens is 3. The Labute approximate surface area is 118 Å². The molecule has 8 heteroatoms. The predicted octanol–water partition coefficient (Wildman–Crippen LogP) is 3.32. The number of nitrogens with one attached hydrogen (secondary N) is 2. The van der Waals surface area contributed by atoms with Crippen LogP contribution in [0.15, 0.2) is 34.9 Å². The van der Waals surface area contributed by atoms with Crippen LogP contribution in [0.3, 0.4) is 0 Å². The summed E-state index contributed by atoms with van der Waals surface area (Å²) in [5.74, 6) is 0.620. The Morgan fingerprint density at radius 1 is 1.29 bits per heavy atom. The minimum Gasteiger partial charge on any atom is -0.361 e. The van der Waals surface area contributed by atoms with Gasteiger partial charge in [-0.15, -0.1) is 0 Å². The van der Waals surface area contributed by atoms with E-state index in [4.69, 9.17) is 4.52 Å². The van der Waals surface area contributed by atoms with Crippen molar-refractivity contribution in [1.82, 2.24) is 10.5 Å². The molecule has 21 heavy (non-hydrogen) atoms. The number of carbonyl (C=O) groups is 1. The number of benzene rings is 1. The normalized spacial score (nSPS) is 11.2. The van der Waals surface area contributed by atoms with E-state index >= 15 is 0 Å². The Kier molecular flexibility index (Phi) is 4.15. The van der Waals surface area contributed by atoms with Crippen molar-refractivity contribution in [1.29, 1.82) is 0 Å². The molecular formula is C13H12F3N3O2. The minimum atomic E-state index is -4.40. The largest absolute Gasteiger partial charge is 0.416 e. The number of nitrogens with zero attached hydrogens (tertiary/aromatic N) is 1. The number of hydrogen-bond acceptors (Lipinski definition) is 3. The lowest BCUT2D eigenvalue weighted by Gasteiger charge is -2.09. The molecule has 1 aromatic heterocycles. The Morgan fingerprint density at radius 3 is 2.48 bits per heavy atom. The zero-order valence-corrected chi connectivity index (χ0v) is 11.0. The molecule has 2 N–H and O–H groups in total. The maximum absolute atomic E-state index is 12.4. The molecule has 0 atom stereocenters. The van der Waals surface area contributed by atoms with E-state index in [1.165, 1.54) is 12.1 Å². The summed E-state index contributed by atoms with van der Waals surface area (Å²) in [7, 11) is 0. The molecule has 2 rings (SSSR count). The van der Waals surface area contributed by atoms with Crippen LogP contribution in [-0.2, 0) is 12.7 Å². The SMILES string of the molecule is Cc1cc(CNC(=O)Nc2ccc(C(F)(F)F)cc2)no1. The Hall–Kier alpha value is -2.51. The smallest absolute Gasteiger partial charge is 0.361 e. The van der Waals surface area contributed by atoms with Gasteiger partial charge in [-0.1, -0.05) is 5.16 Å². The van der Waals surface area contributed by atoms with E-state index in [-0.39, 0.29) is 12.2 Å². The van der Waals surface area contributed by atoms with Crippen molar-refractivity contribution in [2.24, 2.45) is 0 Å². The highest BCUT2D eigenvalue weighted by Crippen LogP contribution is 2.29. The third-order valence-corrected chi connectivity index (χ3v) is 2.58. The Morgan fingerprint density at radius 2 is 1.95 bits per heavy atom. The summed E-state index contributed by atoms with van der Waals surface area (Å²) in [6.07, 6.45) is -4.40. The van der Waals surface area contributed by atoms with Crippen molar-refractivity contribution in [3.8, 4) is 0 Å². The van der Waals surface area contributed by atoms with E-state index in [1.54, 1.807) is 13.0 Å². The van der Waals surface area contributed by atoms with Gasteiger partial charge in [0.2, 0.25) is 0 Å². The number of urea groups is 1. The lowest BCUT2D eigenvalue weighted by atomic mass is 10.2. The number of aryl methyl sites for hydroxylation is 1. The third kappa shape index (κ3) is 4.23. The van der Waals surface area contributed by atoms with E-state index in [0.29, 0.717) is 11.5 Å². The summed E-state index contributed by atoms with van der Waals surface area (Å²) in [5.41, 5.74) is 0.0402. The van der Waals surface area contributed by atoms with Crippen molar-refractivity contribution in [3.63, 3.8) is 0 Å². The standard InChI is InChI=1S/C13H12F3N3O2/c1-8-6-11(19-21-8)7-17-12(20)18-10-4-2-9(3-5-10)13(14,15)16/h2-6H,7H2,1H3,(H2,17,18,20). The summed E-state index contributed by atoms with van der Waals surface area (Å²) in [5, 5.41) is 8.62. The first-order chi connectivity index (χ1) is 9.84. The van der Waals surface area contributed by atoms with Gasteiger partial charge in [0, 0.05) is 11.8 Å². The van der Waals surface area contributed by atoms with Gasteiger partial charge in [0.05, 0.1) is 12.1 Å². The van der Waals surface area contributed by atoms with E-state index in [2.05, 4.69) is 15.8 Å². The number of hydrogen-bond donors (Lipinski definition) is 2. The van der Waals surface area contributed by atoms with Gasteiger partial charge in [0.15, 0.2) is 0 Å². The molecule has 0 spiro atoms. The summed E-state index contributed by atoms with van der Waals surface area (Å²) >= 11 is 0. The van der Waals surface area contributed by atoms with Gasteiger partial charge in [-0.05, 0) is 31.2 Å². The second kappa shape index (κ2) is 5.86. The molecule has 5 nitrogen and oxygen atoms in total. The highest BCUT2D eigenvalue weighted by atomic mass is 19.4. The molecule has 0 bridgehead atoms. The fourth-order valence-electron chi connectivity index (χ4n) is 1.59. The molecule has 1 aromatic carbocycles. The van der Waals surface area contributed by atoms with Gasteiger partial charge in [0.25, 0.3) is 0 Å². The number of alkyl halides is 3. The number of rotatable bonds is 3. The number of aromatic nitrogens is 1. The molecule has 0 fully saturated rings. The highest BCUT2D eigenvalue weighted by Gasteiger charge is 2.29. The monoisotopic (exact) mass is 299 g/mol. The fourth-order valence-corrected chi connectivity index (χ4v) is 1.59. The highest BCUT2D eigenvalue weighted by molar-refractivity contribution is 5.89. The van der Waals surface area contributed by atoms with Gasteiger partial charge >= 0.3 is 12.2 Å². The van der Waals surface area contributed by atoms with Crippen LogP contribution in [0.1, 0.15) is 17.0 Å². The lowest BCUT2D eigenvalue weighted by molar-refractivity contribution is -0.137. The third-order valence-electron chi connectivity index (χ3n) is 2.58. The van der Waals surface area contributed by atoms with E-state index in [9.17, 15) is 18.0 Å². The van der Waals surface area contributed by atoms with Crippen LogP contribution in [0, 0.1) is 6.92 Å². The molecule has 0 aliphatic carbocycles. The second-order valence-electron chi connectivity index (χ2n) is 4.31. The van der Waals surface area contributed by atoms with Crippen LogP contribution in [0.4, 0.5) is 23.7 Å². The summed E-state index contributed by atoms with van der Waals surface area (Å²) in [6, 6.07) is 5.28. The number of anilines is 1. The maximum Gasteiger partial charge on any atom is 0.416 e. The molecular weight excluding hydrogens is 287 g/mol. The fraction of sp³-hybridized carbons (Fsp3) is 0.231. The topological polar surface area (TPSA) is 67.2 Å². The Bertz CT molecular complexity index is 620. The van der Waals surface area contributed by atoms with Crippen molar-refractivity contribution in [2.75, 3.05) is 5.32 Å². The summed E-state index contributed by atoms with van der Waals surface area (Å²) < 4.78 is 42.0. The molecule has 1 heterocycles. The maximum atomic E-state index is 12.4. The minimum absolute atomic E-state index is 0.157. The van der Waals surface area contributed by atoms with E-state index in [0.717, 1.165) is 12.1 Å². The molecule has 0 unspecified atom stereocenters. The first-order valence-corrected chi connectivity index (χ1v) is 5.99. The first kappa shape index (κ1) is 14.9. The van der Waals surface area contributed by atoms with Crippen molar-refractivity contribution >= 4 is 11.7 Å². The van der Waals surface area contributed by atoms with Crippen LogP contribution < -0.4 is 10.6 Å². The number of carbonyl (C=O) groups excluding carboxylic acids is 1. The average Bonchev–Trinajstić information content (AvgIpc) is 2.82. The van der Waals surface area contributed by atoms with Gasteiger partial charge in [-0.25, -0.2) is 4.79 Å². The molecule has 0 aliphatic rings. The molecule has 0 radical (unpaired) electrons. The zero-order chi connectivity index (χ0) is 15.5. The molecule has 112 valence electrons. The van der Waals surface area contributed by atoms with Gasteiger partial charge in [-0.2, -0.15) is 13.2 Å².